The largest absolute Gasteiger partial charge is 0.508 e. The van der Waals surface area contributed by atoms with Crippen LogP contribution in [-0.2, 0) is 6.54 Å². The van der Waals surface area contributed by atoms with Gasteiger partial charge in [-0.25, -0.2) is 0 Å². The molecule has 0 amide bonds. The number of hydrogen-bond acceptors (Lipinski definition) is 2. The van der Waals surface area contributed by atoms with Gasteiger partial charge in [0.2, 0.25) is 0 Å². The number of aliphatic hydroxyl groups is 1. The predicted molar refractivity (Wildman–Crippen MR) is 92.4 cm³/mol. The van der Waals surface area contributed by atoms with Crippen molar-refractivity contribution in [1.29, 1.82) is 0 Å². The molecule has 1 heterocycles. The maximum absolute atomic E-state index is 10.5. The maximum Gasteiger partial charge on any atom is 0.130 e. The highest BCUT2D eigenvalue weighted by molar-refractivity contribution is 5.28. The van der Waals surface area contributed by atoms with Gasteiger partial charge in [0, 0.05) is 23.0 Å². The number of aromatic hydroxyl groups is 1. The van der Waals surface area contributed by atoms with Crippen molar-refractivity contribution >= 4 is 0 Å². The van der Waals surface area contributed by atoms with E-state index in [-0.39, 0.29) is 11.8 Å². The molecule has 0 aliphatic carbocycles. The number of phenolic OH excluding ortho intramolecular Hbond substituents is 1. The molecule has 2 aromatic rings. The summed E-state index contributed by atoms with van der Waals surface area (Å²) in [4.78, 5) is 0. The number of phenols is 1. The van der Waals surface area contributed by atoms with Crippen LogP contribution in [0.5, 0.6) is 5.75 Å². The number of rotatable bonds is 6. The maximum atomic E-state index is 10.5. The van der Waals surface area contributed by atoms with E-state index in [1.54, 1.807) is 24.3 Å². The fourth-order valence-electron chi connectivity index (χ4n) is 3.26. The summed E-state index contributed by atoms with van der Waals surface area (Å²) in [5, 5.41) is 22.0. The molecule has 1 aromatic heterocycles. The van der Waals surface area contributed by atoms with E-state index in [4.69, 9.17) is 0 Å². The number of hydrogen-bond donors (Lipinski definition) is 3. The zero-order valence-corrected chi connectivity index (χ0v) is 14.7. The van der Waals surface area contributed by atoms with Gasteiger partial charge in [-0.05, 0) is 58.4 Å². The van der Waals surface area contributed by atoms with Gasteiger partial charge in [-0.3, -0.25) is 0 Å². The van der Waals surface area contributed by atoms with E-state index in [0.717, 1.165) is 12.1 Å². The normalized spacial score (nSPS) is 14.2. The lowest BCUT2D eigenvalue weighted by atomic mass is 10.0. The van der Waals surface area contributed by atoms with Gasteiger partial charge in [0.25, 0.3) is 0 Å². The van der Waals surface area contributed by atoms with Crippen LogP contribution in [0.3, 0.4) is 0 Å². The quantitative estimate of drug-likeness (QED) is 0.767. The third kappa shape index (κ3) is 3.95. The Morgan fingerprint density at radius 1 is 1.09 bits per heavy atom. The Morgan fingerprint density at radius 2 is 1.70 bits per heavy atom. The molecular weight excluding hydrogens is 288 g/mol. The Bertz CT molecular complexity index is 644. The summed E-state index contributed by atoms with van der Waals surface area (Å²) in [6.07, 6.45) is -0.552. The molecule has 0 saturated carbocycles. The Labute approximate surface area is 138 Å². The number of benzene rings is 1. The topological polar surface area (TPSA) is 62.0 Å². The molecule has 4 N–H and O–H groups in total. The molecule has 23 heavy (non-hydrogen) atoms. The second-order valence-electron chi connectivity index (χ2n) is 6.70. The molecule has 0 unspecified atom stereocenters. The van der Waals surface area contributed by atoms with E-state index in [1.165, 1.54) is 17.0 Å². The molecule has 0 aliphatic heterocycles. The van der Waals surface area contributed by atoms with Gasteiger partial charge in [-0.1, -0.05) is 12.1 Å². The molecular formula is C19H29N2O2+. The summed E-state index contributed by atoms with van der Waals surface area (Å²) in [7, 11) is 0. The number of aryl methyl sites for hydroxylation is 1. The fourth-order valence-corrected chi connectivity index (χ4v) is 3.26. The lowest BCUT2D eigenvalue weighted by molar-refractivity contribution is -0.709. The summed E-state index contributed by atoms with van der Waals surface area (Å²) in [6.45, 7) is 11.6. The summed E-state index contributed by atoms with van der Waals surface area (Å²) < 4.78 is 2.35. The minimum absolute atomic E-state index is 0.0432. The highest BCUT2D eigenvalue weighted by Gasteiger charge is 2.20. The number of aromatic nitrogens is 1. The van der Waals surface area contributed by atoms with Gasteiger partial charge in [-0.2, -0.15) is 0 Å². The monoisotopic (exact) mass is 317 g/mol. The minimum atomic E-state index is -0.552. The van der Waals surface area contributed by atoms with Gasteiger partial charge in [0.15, 0.2) is 0 Å². The lowest BCUT2D eigenvalue weighted by Gasteiger charge is -2.18. The fraction of sp³-hybridized carbons (Fsp3) is 0.474. The summed E-state index contributed by atoms with van der Waals surface area (Å²) in [5.74, 6) is 0.221. The molecule has 1 aromatic carbocycles. The molecule has 126 valence electrons. The van der Waals surface area contributed by atoms with Crippen molar-refractivity contribution in [2.45, 2.75) is 59.4 Å². The van der Waals surface area contributed by atoms with E-state index < -0.39 is 6.10 Å². The molecule has 0 fully saturated rings. The van der Waals surface area contributed by atoms with E-state index in [9.17, 15) is 10.2 Å². The number of quaternary nitrogens is 1. The summed E-state index contributed by atoms with van der Waals surface area (Å²) >= 11 is 0. The first-order valence-corrected chi connectivity index (χ1v) is 8.29. The SMILES string of the molecule is Cc1cc(C[NH2+][C@@H](C)[C@@H](O)c2ccc(O)cc2)c(C)n1C(C)C. The summed E-state index contributed by atoms with van der Waals surface area (Å²) in [5.41, 5.74) is 4.74. The number of nitrogens with zero attached hydrogens (tertiary/aromatic N) is 1. The van der Waals surface area contributed by atoms with Crippen molar-refractivity contribution in [3.8, 4) is 5.75 Å². The van der Waals surface area contributed by atoms with Crippen molar-refractivity contribution in [3.05, 3.63) is 52.8 Å². The molecule has 4 heteroatoms. The molecule has 0 aliphatic rings. The molecule has 4 nitrogen and oxygen atoms in total. The minimum Gasteiger partial charge on any atom is -0.508 e. The standard InChI is InChI=1S/C19H28N2O2/c1-12(2)21-13(3)10-17(15(21)5)11-20-14(4)19(23)16-6-8-18(22)9-7-16/h6-10,12,14,19-20,22-23H,11H2,1-5H3/p+1/t14-,19+/m0/s1. The first-order valence-electron chi connectivity index (χ1n) is 8.29. The van der Waals surface area contributed by atoms with Crippen LogP contribution in [0.1, 0.15) is 55.4 Å². The van der Waals surface area contributed by atoms with Crippen LogP contribution in [0.4, 0.5) is 0 Å². The third-order valence-electron chi connectivity index (χ3n) is 4.55. The van der Waals surface area contributed by atoms with Crippen LogP contribution >= 0.6 is 0 Å². The Morgan fingerprint density at radius 3 is 2.22 bits per heavy atom. The summed E-state index contributed by atoms with van der Waals surface area (Å²) in [6, 6.07) is 9.52. The highest BCUT2D eigenvalue weighted by atomic mass is 16.3. The lowest BCUT2D eigenvalue weighted by Crippen LogP contribution is -2.89. The van der Waals surface area contributed by atoms with Crippen molar-refractivity contribution in [3.63, 3.8) is 0 Å². The molecule has 0 radical (unpaired) electrons. The van der Waals surface area contributed by atoms with Crippen LogP contribution in [0.15, 0.2) is 30.3 Å². The Balaban J connectivity index is 2.03. The molecule has 0 bridgehead atoms. The Kier molecular flexibility index (Phi) is 5.50. The Hall–Kier alpha value is -1.78. The first kappa shape index (κ1) is 17.6. The van der Waals surface area contributed by atoms with Gasteiger partial charge in [0.05, 0.1) is 0 Å². The second-order valence-corrected chi connectivity index (χ2v) is 6.70. The average molecular weight is 317 g/mol. The van der Waals surface area contributed by atoms with Gasteiger partial charge >= 0.3 is 0 Å². The third-order valence-corrected chi connectivity index (χ3v) is 4.55. The van der Waals surface area contributed by atoms with Crippen LogP contribution in [0.2, 0.25) is 0 Å². The molecule has 0 spiro atoms. The van der Waals surface area contributed by atoms with Gasteiger partial charge in [-0.15, -0.1) is 0 Å². The van der Waals surface area contributed by atoms with Crippen molar-refractivity contribution < 1.29 is 15.5 Å². The van der Waals surface area contributed by atoms with Gasteiger partial charge < -0.3 is 20.1 Å². The smallest absolute Gasteiger partial charge is 0.130 e. The van der Waals surface area contributed by atoms with Crippen LogP contribution in [-0.4, -0.2) is 20.8 Å². The average Bonchev–Trinajstić information content (AvgIpc) is 2.79. The number of nitrogens with two attached hydrogens (primary N) is 1. The number of aliphatic hydroxyl groups excluding tert-OH is 1. The molecule has 2 rings (SSSR count). The van der Waals surface area contributed by atoms with Gasteiger partial charge in [0.1, 0.15) is 24.4 Å². The first-order chi connectivity index (χ1) is 10.8. The van der Waals surface area contributed by atoms with Crippen LogP contribution in [0.25, 0.3) is 0 Å². The molecule has 2 atom stereocenters. The predicted octanol–water partition coefficient (Wildman–Crippen LogP) is 2.58. The van der Waals surface area contributed by atoms with E-state index in [2.05, 4.69) is 43.6 Å². The van der Waals surface area contributed by atoms with E-state index in [1.807, 2.05) is 6.92 Å². The van der Waals surface area contributed by atoms with Crippen molar-refractivity contribution in [1.82, 2.24) is 4.57 Å². The second kappa shape index (κ2) is 7.20. The highest BCUT2D eigenvalue weighted by Crippen LogP contribution is 2.20. The van der Waals surface area contributed by atoms with E-state index >= 15 is 0 Å². The van der Waals surface area contributed by atoms with Crippen molar-refractivity contribution in [2.75, 3.05) is 0 Å². The zero-order chi connectivity index (χ0) is 17.1. The van der Waals surface area contributed by atoms with E-state index in [0.29, 0.717) is 6.04 Å². The molecule has 0 saturated heterocycles. The zero-order valence-electron chi connectivity index (χ0n) is 14.7. The van der Waals surface area contributed by atoms with Crippen LogP contribution < -0.4 is 5.32 Å². The van der Waals surface area contributed by atoms with Crippen molar-refractivity contribution in [2.24, 2.45) is 0 Å². The van der Waals surface area contributed by atoms with Crippen LogP contribution in [0, 0.1) is 13.8 Å².